The number of anilines is 1. The fourth-order valence-corrected chi connectivity index (χ4v) is 2.90. The normalized spacial score (nSPS) is 16.3. The monoisotopic (exact) mass is 294 g/mol. The van der Waals surface area contributed by atoms with Gasteiger partial charge in [0.05, 0.1) is 5.69 Å². The third kappa shape index (κ3) is 2.65. The van der Waals surface area contributed by atoms with Gasteiger partial charge in [-0.1, -0.05) is 0 Å². The Morgan fingerprint density at radius 2 is 1.82 bits per heavy atom. The fourth-order valence-electron chi connectivity index (χ4n) is 2.90. The smallest absolute Gasteiger partial charge is 0.233 e. The summed E-state index contributed by atoms with van der Waals surface area (Å²) in [7, 11) is 0. The molecule has 0 unspecified atom stereocenters. The van der Waals surface area contributed by atoms with Gasteiger partial charge >= 0.3 is 0 Å². The maximum Gasteiger partial charge on any atom is 0.233 e. The Morgan fingerprint density at radius 1 is 1.00 bits per heavy atom. The highest BCUT2D eigenvalue weighted by Crippen LogP contribution is 2.16. The lowest BCUT2D eigenvalue weighted by molar-refractivity contribution is 0.247. The highest BCUT2D eigenvalue weighted by molar-refractivity contribution is 5.45. The van der Waals surface area contributed by atoms with Crippen LogP contribution in [0, 0.1) is 0 Å². The van der Waals surface area contributed by atoms with Crippen molar-refractivity contribution in [3.8, 4) is 0 Å². The number of nitrogens with zero attached hydrogens (tertiary/aromatic N) is 6. The number of aromatic nitrogens is 4. The summed E-state index contributed by atoms with van der Waals surface area (Å²) >= 11 is 0. The van der Waals surface area contributed by atoms with Crippen molar-refractivity contribution in [2.24, 2.45) is 0 Å². The van der Waals surface area contributed by atoms with Gasteiger partial charge in [-0.3, -0.25) is 14.3 Å². The van der Waals surface area contributed by atoms with Gasteiger partial charge in [0, 0.05) is 69.4 Å². The molecule has 1 fully saturated rings. The van der Waals surface area contributed by atoms with E-state index in [9.17, 15) is 0 Å². The SMILES string of the molecule is c1cnc2nc(CN3CCN(c4ccncc4)CC3)cn2c1. The molecule has 6 nitrogen and oxygen atoms in total. The Morgan fingerprint density at radius 3 is 2.59 bits per heavy atom. The van der Waals surface area contributed by atoms with Crippen LogP contribution in [0.25, 0.3) is 5.78 Å². The van der Waals surface area contributed by atoms with E-state index in [4.69, 9.17) is 0 Å². The lowest BCUT2D eigenvalue weighted by Gasteiger charge is -2.35. The minimum absolute atomic E-state index is 0.771. The van der Waals surface area contributed by atoms with Crippen molar-refractivity contribution in [2.75, 3.05) is 31.1 Å². The van der Waals surface area contributed by atoms with Crippen molar-refractivity contribution in [2.45, 2.75) is 6.54 Å². The van der Waals surface area contributed by atoms with E-state index < -0.39 is 0 Å². The van der Waals surface area contributed by atoms with E-state index in [1.165, 1.54) is 5.69 Å². The number of pyridine rings is 1. The molecule has 0 aromatic carbocycles. The predicted octanol–water partition coefficient (Wildman–Crippen LogP) is 1.45. The molecule has 0 aliphatic carbocycles. The Hall–Kier alpha value is -2.47. The third-order valence-electron chi connectivity index (χ3n) is 4.07. The summed E-state index contributed by atoms with van der Waals surface area (Å²) in [6, 6.07) is 6.07. The first-order valence-electron chi connectivity index (χ1n) is 7.54. The van der Waals surface area contributed by atoms with E-state index in [0.29, 0.717) is 0 Å². The van der Waals surface area contributed by atoms with Gasteiger partial charge in [0.2, 0.25) is 5.78 Å². The zero-order valence-corrected chi connectivity index (χ0v) is 12.3. The van der Waals surface area contributed by atoms with Gasteiger partial charge in [-0.2, -0.15) is 0 Å². The summed E-state index contributed by atoms with van der Waals surface area (Å²) in [4.78, 5) is 17.8. The Kier molecular flexibility index (Phi) is 3.44. The molecule has 1 aliphatic heterocycles. The molecule has 4 heterocycles. The van der Waals surface area contributed by atoms with Gasteiger partial charge in [-0.15, -0.1) is 0 Å². The van der Waals surface area contributed by atoms with Crippen molar-refractivity contribution in [3.05, 3.63) is 54.9 Å². The van der Waals surface area contributed by atoms with Gasteiger partial charge in [0.1, 0.15) is 0 Å². The Labute approximate surface area is 129 Å². The molecular formula is C16H18N6. The van der Waals surface area contributed by atoms with E-state index >= 15 is 0 Å². The van der Waals surface area contributed by atoms with Crippen LogP contribution in [0.1, 0.15) is 5.69 Å². The molecule has 1 saturated heterocycles. The third-order valence-corrected chi connectivity index (χ3v) is 4.07. The van der Waals surface area contributed by atoms with Gasteiger partial charge in [0.25, 0.3) is 0 Å². The molecule has 0 radical (unpaired) electrons. The van der Waals surface area contributed by atoms with Crippen molar-refractivity contribution in [3.63, 3.8) is 0 Å². The van der Waals surface area contributed by atoms with Gasteiger partial charge in [-0.25, -0.2) is 9.97 Å². The zero-order chi connectivity index (χ0) is 14.8. The Bertz CT molecular complexity index is 712. The van der Waals surface area contributed by atoms with Crippen LogP contribution in [-0.4, -0.2) is 50.4 Å². The van der Waals surface area contributed by atoms with Crippen LogP contribution in [0.5, 0.6) is 0 Å². The topological polar surface area (TPSA) is 49.6 Å². The van der Waals surface area contributed by atoms with Crippen molar-refractivity contribution < 1.29 is 0 Å². The highest BCUT2D eigenvalue weighted by Gasteiger charge is 2.18. The summed E-state index contributed by atoms with van der Waals surface area (Å²) in [6.07, 6.45) is 9.54. The predicted molar refractivity (Wildman–Crippen MR) is 84.7 cm³/mol. The molecule has 0 saturated carbocycles. The number of hydrogen-bond donors (Lipinski definition) is 0. The average Bonchev–Trinajstić information content (AvgIpc) is 2.98. The standard InChI is InChI=1S/C16H18N6/c1-4-18-16-19-14(13-22(16)7-1)12-20-8-10-21(11-9-20)15-2-5-17-6-3-15/h1-7,13H,8-12H2. The summed E-state index contributed by atoms with van der Waals surface area (Å²) in [5, 5.41) is 0. The lowest BCUT2D eigenvalue weighted by Crippen LogP contribution is -2.46. The molecule has 0 atom stereocenters. The van der Waals surface area contributed by atoms with E-state index in [1.807, 2.05) is 29.1 Å². The van der Waals surface area contributed by atoms with Crippen LogP contribution in [-0.2, 0) is 6.54 Å². The average molecular weight is 294 g/mol. The largest absolute Gasteiger partial charge is 0.369 e. The van der Waals surface area contributed by atoms with Crippen LogP contribution in [0.4, 0.5) is 5.69 Å². The summed E-state index contributed by atoms with van der Waals surface area (Å²) in [6.45, 7) is 5.05. The van der Waals surface area contributed by atoms with Crippen LogP contribution < -0.4 is 4.90 Å². The second kappa shape index (κ2) is 5.73. The summed E-state index contributed by atoms with van der Waals surface area (Å²) in [5.74, 6) is 0.771. The molecule has 6 heteroatoms. The molecule has 1 aliphatic rings. The van der Waals surface area contributed by atoms with Crippen LogP contribution >= 0.6 is 0 Å². The van der Waals surface area contributed by atoms with Crippen molar-refractivity contribution in [1.82, 2.24) is 24.3 Å². The van der Waals surface area contributed by atoms with Crippen molar-refractivity contribution >= 4 is 11.5 Å². The van der Waals surface area contributed by atoms with Gasteiger partial charge < -0.3 is 4.90 Å². The maximum absolute atomic E-state index is 4.57. The fraction of sp³-hybridized carbons (Fsp3) is 0.312. The highest BCUT2D eigenvalue weighted by atomic mass is 15.3. The molecule has 22 heavy (non-hydrogen) atoms. The van der Waals surface area contributed by atoms with Gasteiger partial charge in [-0.05, 0) is 18.2 Å². The minimum atomic E-state index is 0.771. The molecule has 4 rings (SSSR count). The van der Waals surface area contributed by atoms with Crippen LogP contribution in [0.3, 0.4) is 0 Å². The number of imidazole rings is 1. The van der Waals surface area contributed by atoms with E-state index in [0.717, 1.165) is 44.2 Å². The zero-order valence-electron chi connectivity index (χ0n) is 12.3. The maximum atomic E-state index is 4.57. The summed E-state index contributed by atoms with van der Waals surface area (Å²) < 4.78 is 1.97. The molecule has 0 N–H and O–H groups in total. The first-order valence-corrected chi connectivity index (χ1v) is 7.54. The second-order valence-corrected chi connectivity index (χ2v) is 5.53. The van der Waals surface area contributed by atoms with Crippen LogP contribution in [0.15, 0.2) is 49.2 Å². The van der Waals surface area contributed by atoms with Crippen molar-refractivity contribution in [1.29, 1.82) is 0 Å². The van der Waals surface area contributed by atoms with Crippen LogP contribution in [0.2, 0.25) is 0 Å². The summed E-state index contributed by atoms with van der Waals surface area (Å²) in [5.41, 5.74) is 2.34. The number of fused-ring (bicyclic) bond motifs is 1. The molecule has 0 spiro atoms. The van der Waals surface area contributed by atoms with E-state index in [1.54, 1.807) is 6.20 Å². The van der Waals surface area contributed by atoms with Gasteiger partial charge in [0.15, 0.2) is 0 Å². The first kappa shape index (κ1) is 13.2. The molecule has 0 bridgehead atoms. The van der Waals surface area contributed by atoms with E-state index in [-0.39, 0.29) is 0 Å². The Balaban J connectivity index is 1.39. The first-order chi connectivity index (χ1) is 10.9. The molecule has 112 valence electrons. The second-order valence-electron chi connectivity index (χ2n) is 5.53. The number of hydrogen-bond acceptors (Lipinski definition) is 5. The quantitative estimate of drug-likeness (QED) is 0.732. The number of piperazine rings is 1. The molecule has 3 aromatic rings. The van der Waals surface area contributed by atoms with E-state index in [2.05, 4.69) is 43.1 Å². The lowest BCUT2D eigenvalue weighted by atomic mass is 10.2. The molecular weight excluding hydrogens is 276 g/mol. The molecule has 3 aromatic heterocycles. The minimum Gasteiger partial charge on any atom is -0.369 e. The molecule has 0 amide bonds. The number of rotatable bonds is 3.